The third-order valence-electron chi connectivity index (χ3n) is 2.32. The molecule has 1 atom stereocenters. The van der Waals surface area contributed by atoms with Crippen molar-refractivity contribution >= 4 is 0 Å². The van der Waals surface area contributed by atoms with Gasteiger partial charge >= 0.3 is 0 Å². The van der Waals surface area contributed by atoms with Crippen molar-refractivity contribution in [2.75, 3.05) is 13.2 Å². The highest BCUT2D eigenvalue weighted by molar-refractivity contribution is 5.28. The van der Waals surface area contributed by atoms with E-state index in [-0.39, 0.29) is 12.6 Å². The summed E-state index contributed by atoms with van der Waals surface area (Å²) in [7, 11) is 0. The Balaban J connectivity index is 2.49. The Morgan fingerprint density at radius 3 is 2.53 bits per heavy atom. The molecule has 0 aromatic heterocycles. The largest absolute Gasteiger partial charge is 0.494 e. The Hall–Kier alpha value is -1.06. The standard InChI is InChI=1S/C12H19NO2/c1-2-12(13)10-4-6-11(7-5-10)15-9-3-8-14/h4-7,12,14H,2-3,8-9,13H2,1H3. The molecule has 0 heterocycles. The fraction of sp³-hybridized carbons (Fsp3) is 0.500. The Kier molecular flexibility index (Phi) is 5.15. The summed E-state index contributed by atoms with van der Waals surface area (Å²) in [6.07, 6.45) is 1.60. The van der Waals surface area contributed by atoms with Crippen LogP contribution in [0.15, 0.2) is 24.3 Å². The zero-order chi connectivity index (χ0) is 11.1. The summed E-state index contributed by atoms with van der Waals surface area (Å²) in [4.78, 5) is 0. The molecular weight excluding hydrogens is 190 g/mol. The summed E-state index contributed by atoms with van der Waals surface area (Å²) in [5, 5.41) is 8.60. The molecule has 0 aliphatic rings. The first-order valence-electron chi connectivity index (χ1n) is 5.37. The molecule has 1 aromatic carbocycles. The van der Waals surface area contributed by atoms with Gasteiger partial charge in [-0.15, -0.1) is 0 Å². The fourth-order valence-corrected chi connectivity index (χ4v) is 1.30. The molecule has 0 aliphatic carbocycles. The molecule has 1 aromatic rings. The molecule has 0 amide bonds. The second-order valence-corrected chi connectivity index (χ2v) is 3.51. The fourth-order valence-electron chi connectivity index (χ4n) is 1.30. The minimum Gasteiger partial charge on any atom is -0.494 e. The minimum atomic E-state index is 0.108. The average Bonchev–Trinajstić information content (AvgIpc) is 2.29. The molecule has 3 nitrogen and oxygen atoms in total. The summed E-state index contributed by atoms with van der Waals surface area (Å²) < 4.78 is 5.41. The Morgan fingerprint density at radius 1 is 1.33 bits per heavy atom. The number of hydrogen-bond acceptors (Lipinski definition) is 3. The average molecular weight is 209 g/mol. The lowest BCUT2D eigenvalue weighted by Crippen LogP contribution is -2.08. The summed E-state index contributed by atoms with van der Waals surface area (Å²) in [5.74, 6) is 0.829. The van der Waals surface area contributed by atoms with Gasteiger partial charge in [0.2, 0.25) is 0 Å². The molecule has 0 spiro atoms. The van der Waals surface area contributed by atoms with Crippen molar-refractivity contribution in [3.8, 4) is 5.75 Å². The van der Waals surface area contributed by atoms with Crippen LogP contribution in [0.25, 0.3) is 0 Å². The maximum Gasteiger partial charge on any atom is 0.119 e. The van der Waals surface area contributed by atoms with E-state index in [1.54, 1.807) is 0 Å². The van der Waals surface area contributed by atoms with Gasteiger partial charge in [-0.1, -0.05) is 19.1 Å². The number of aliphatic hydroxyl groups is 1. The number of benzene rings is 1. The number of aliphatic hydroxyl groups excluding tert-OH is 1. The van der Waals surface area contributed by atoms with Crippen LogP contribution in [0.2, 0.25) is 0 Å². The number of nitrogens with two attached hydrogens (primary N) is 1. The lowest BCUT2D eigenvalue weighted by molar-refractivity contribution is 0.233. The van der Waals surface area contributed by atoms with Crippen molar-refractivity contribution in [1.82, 2.24) is 0 Å². The van der Waals surface area contributed by atoms with Gasteiger partial charge in [0.05, 0.1) is 6.61 Å². The lowest BCUT2D eigenvalue weighted by atomic mass is 10.1. The molecule has 0 radical (unpaired) electrons. The second-order valence-electron chi connectivity index (χ2n) is 3.51. The first-order chi connectivity index (χ1) is 7.27. The number of hydrogen-bond donors (Lipinski definition) is 2. The maximum atomic E-state index is 8.60. The van der Waals surface area contributed by atoms with Crippen LogP contribution in [-0.4, -0.2) is 18.3 Å². The van der Waals surface area contributed by atoms with Crippen LogP contribution in [-0.2, 0) is 0 Å². The van der Waals surface area contributed by atoms with Crippen molar-refractivity contribution in [1.29, 1.82) is 0 Å². The van der Waals surface area contributed by atoms with Gasteiger partial charge in [-0.05, 0) is 24.1 Å². The van der Waals surface area contributed by atoms with Crippen molar-refractivity contribution in [3.05, 3.63) is 29.8 Å². The van der Waals surface area contributed by atoms with Gasteiger partial charge in [-0.3, -0.25) is 0 Å². The van der Waals surface area contributed by atoms with E-state index in [2.05, 4.69) is 6.92 Å². The van der Waals surface area contributed by atoms with Gasteiger partial charge < -0.3 is 15.6 Å². The molecule has 84 valence electrons. The quantitative estimate of drug-likeness (QED) is 0.703. The smallest absolute Gasteiger partial charge is 0.119 e. The second kappa shape index (κ2) is 6.43. The third kappa shape index (κ3) is 3.90. The van der Waals surface area contributed by atoms with E-state index in [1.807, 2.05) is 24.3 Å². The van der Waals surface area contributed by atoms with Crippen LogP contribution >= 0.6 is 0 Å². The van der Waals surface area contributed by atoms with Crippen molar-refractivity contribution in [2.24, 2.45) is 5.73 Å². The highest BCUT2D eigenvalue weighted by Crippen LogP contribution is 2.18. The van der Waals surface area contributed by atoms with Crippen molar-refractivity contribution < 1.29 is 9.84 Å². The SMILES string of the molecule is CCC(N)c1ccc(OCCCO)cc1. The van der Waals surface area contributed by atoms with Gasteiger partial charge in [0.1, 0.15) is 5.75 Å². The predicted octanol–water partition coefficient (Wildman–Crippen LogP) is 1.86. The Morgan fingerprint density at radius 2 is 2.00 bits per heavy atom. The van der Waals surface area contributed by atoms with Crippen molar-refractivity contribution in [2.45, 2.75) is 25.8 Å². The zero-order valence-corrected chi connectivity index (χ0v) is 9.15. The zero-order valence-electron chi connectivity index (χ0n) is 9.15. The van der Waals surface area contributed by atoms with Crippen LogP contribution in [0.3, 0.4) is 0 Å². The van der Waals surface area contributed by atoms with Gasteiger partial charge in [0.15, 0.2) is 0 Å². The topological polar surface area (TPSA) is 55.5 Å². The van der Waals surface area contributed by atoms with Crippen LogP contribution < -0.4 is 10.5 Å². The monoisotopic (exact) mass is 209 g/mol. The molecule has 0 saturated carbocycles. The molecule has 0 fully saturated rings. The van der Waals surface area contributed by atoms with Crippen LogP contribution in [0.1, 0.15) is 31.4 Å². The summed E-state index contributed by atoms with van der Waals surface area (Å²) in [6.45, 7) is 2.78. The highest BCUT2D eigenvalue weighted by atomic mass is 16.5. The minimum absolute atomic E-state index is 0.108. The van der Waals surface area contributed by atoms with E-state index in [9.17, 15) is 0 Å². The van der Waals surface area contributed by atoms with E-state index < -0.39 is 0 Å². The van der Waals surface area contributed by atoms with Crippen molar-refractivity contribution in [3.63, 3.8) is 0 Å². The van der Waals surface area contributed by atoms with Gasteiger partial charge in [-0.2, -0.15) is 0 Å². The van der Waals surface area contributed by atoms with Crippen LogP contribution in [0.4, 0.5) is 0 Å². The van der Waals surface area contributed by atoms with E-state index >= 15 is 0 Å². The highest BCUT2D eigenvalue weighted by Gasteiger charge is 2.02. The van der Waals surface area contributed by atoms with Gasteiger partial charge in [-0.25, -0.2) is 0 Å². The lowest BCUT2D eigenvalue weighted by Gasteiger charge is -2.10. The molecule has 3 heteroatoms. The molecule has 15 heavy (non-hydrogen) atoms. The number of ether oxygens (including phenoxy) is 1. The van der Waals surface area contributed by atoms with Crippen LogP contribution in [0.5, 0.6) is 5.75 Å². The molecule has 0 saturated heterocycles. The van der Waals surface area contributed by atoms with Gasteiger partial charge in [0, 0.05) is 19.1 Å². The normalized spacial score (nSPS) is 12.5. The Labute approximate surface area is 90.9 Å². The molecule has 3 N–H and O–H groups in total. The molecule has 1 unspecified atom stereocenters. The summed E-state index contributed by atoms with van der Waals surface area (Å²) in [5.41, 5.74) is 7.02. The summed E-state index contributed by atoms with van der Waals surface area (Å²) >= 11 is 0. The molecule has 0 aliphatic heterocycles. The van der Waals surface area contributed by atoms with Crippen LogP contribution in [0, 0.1) is 0 Å². The molecular formula is C12H19NO2. The third-order valence-corrected chi connectivity index (χ3v) is 2.32. The predicted molar refractivity (Wildman–Crippen MR) is 60.9 cm³/mol. The van der Waals surface area contributed by atoms with E-state index in [0.717, 1.165) is 17.7 Å². The Bertz CT molecular complexity index is 271. The van der Waals surface area contributed by atoms with E-state index in [0.29, 0.717) is 13.0 Å². The first kappa shape index (κ1) is 12.0. The van der Waals surface area contributed by atoms with E-state index in [4.69, 9.17) is 15.6 Å². The van der Waals surface area contributed by atoms with E-state index in [1.165, 1.54) is 0 Å². The van der Waals surface area contributed by atoms with Gasteiger partial charge in [0.25, 0.3) is 0 Å². The first-order valence-corrected chi connectivity index (χ1v) is 5.37. The number of rotatable bonds is 6. The molecule has 0 bridgehead atoms. The molecule has 1 rings (SSSR count). The summed E-state index contributed by atoms with van der Waals surface area (Å²) in [6, 6.07) is 7.92. The maximum absolute atomic E-state index is 8.60.